The molecule has 250 valence electrons. The molecule has 0 spiro atoms. The summed E-state index contributed by atoms with van der Waals surface area (Å²) in [4.78, 5) is 48.4. The Bertz CT molecular complexity index is 2060. The molecule has 9 heteroatoms. The molecule has 1 aliphatic heterocycles. The predicted octanol–water partition coefficient (Wildman–Crippen LogP) is 6.70. The van der Waals surface area contributed by atoms with E-state index in [0.717, 1.165) is 53.3 Å². The highest BCUT2D eigenvalue weighted by Crippen LogP contribution is 2.30. The minimum Gasteiger partial charge on any atom is -0.354 e. The molecule has 1 aliphatic carbocycles. The average molecular weight is 672 g/mol. The second-order valence-corrected chi connectivity index (χ2v) is 14.2. The lowest BCUT2D eigenvalue weighted by atomic mass is 9.81. The van der Waals surface area contributed by atoms with Gasteiger partial charge in [0.05, 0.1) is 29.1 Å². The maximum Gasteiger partial charge on any atom is 0.261 e. The van der Waals surface area contributed by atoms with E-state index in [-0.39, 0.29) is 24.3 Å². The van der Waals surface area contributed by atoms with Gasteiger partial charge in [0.1, 0.15) is 6.04 Å². The molecule has 0 radical (unpaired) electrons. The molecular weight excluding hydrogens is 631 g/mol. The maximum atomic E-state index is 14.5. The fourth-order valence-corrected chi connectivity index (χ4v) is 8.24. The summed E-state index contributed by atoms with van der Waals surface area (Å²) in [7, 11) is 0. The van der Waals surface area contributed by atoms with Crippen molar-refractivity contribution < 1.29 is 14.4 Å². The first-order valence-electron chi connectivity index (χ1n) is 17.1. The van der Waals surface area contributed by atoms with Crippen LogP contribution in [0.25, 0.3) is 10.8 Å². The molecule has 7 rings (SSSR count). The number of nitrogens with one attached hydrogen (secondary N) is 1. The summed E-state index contributed by atoms with van der Waals surface area (Å²) in [6.07, 6.45) is 4.74. The van der Waals surface area contributed by atoms with Gasteiger partial charge in [-0.05, 0) is 90.7 Å². The Kier molecular flexibility index (Phi) is 9.55. The standard InChI is InChI=1S/C40H41N5O3S/c1-26-8-6-13-32(18-26)43-40-45(33(25-49-40)24-44-38(47)34-14-4-5-15-35(34)39(44)48)36(21-27-16-17-30-11-2-3-12-31(30)20-27)37(46)42-23-29-10-7-9-28(19-29)22-41/h2-6,8,11-18,20,25,28-29,36H,7,9-10,19,21-24,41H2,1H3,(H,42,46)/t28?,29?,36-/m0/s1. The van der Waals surface area contributed by atoms with E-state index >= 15 is 0 Å². The zero-order valence-corrected chi connectivity index (χ0v) is 28.5. The number of rotatable bonds is 10. The van der Waals surface area contributed by atoms with Crippen LogP contribution in [0.2, 0.25) is 0 Å². The fraction of sp³-hybridized carbons (Fsp3) is 0.300. The fourth-order valence-electron chi connectivity index (χ4n) is 7.29. The number of carbonyl (C=O) groups is 3. The molecule has 0 bridgehead atoms. The summed E-state index contributed by atoms with van der Waals surface area (Å²) in [6.45, 7) is 3.29. The number of thiazole rings is 1. The monoisotopic (exact) mass is 671 g/mol. The van der Waals surface area contributed by atoms with Crippen LogP contribution in [0.4, 0.5) is 5.69 Å². The van der Waals surface area contributed by atoms with Crippen LogP contribution in [-0.2, 0) is 17.8 Å². The number of aryl methyl sites for hydroxylation is 1. The van der Waals surface area contributed by atoms with Gasteiger partial charge in [0.15, 0.2) is 4.80 Å². The number of benzene rings is 4. The van der Waals surface area contributed by atoms with Gasteiger partial charge < -0.3 is 15.6 Å². The number of nitrogens with two attached hydrogens (primary N) is 1. The first-order chi connectivity index (χ1) is 23.9. The highest BCUT2D eigenvalue weighted by atomic mass is 32.1. The van der Waals surface area contributed by atoms with Crippen LogP contribution in [0.5, 0.6) is 0 Å². The van der Waals surface area contributed by atoms with Crippen molar-refractivity contribution in [3.63, 3.8) is 0 Å². The Balaban J connectivity index is 1.30. The van der Waals surface area contributed by atoms with E-state index in [2.05, 4.69) is 35.6 Å². The van der Waals surface area contributed by atoms with Gasteiger partial charge in [-0.1, -0.05) is 73.2 Å². The topological polar surface area (TPSA) is 110 Å². The third-order valence-electron chi connectivity index (χ3n) is 9.89. The van der Waals surface area contributed by atoms with Crippen molar-refractivity contribution in [2.24, 2.45) is 22.6 Å². The lowest BCUT2D eigenvalue weighted by Crippen LogP contribution is -2.41. The van der Waals surface area contributed by atoms with E-state index in [1.165, 1.54) is 16.2 Å². The largest absolute Gasteiger partial charge is 0.354 e. The molecule has 3 atom stereocenters. The lowest BCUT2D eigenvalue weighted by molar-refractivity contribution is -0.124. The summed E-state index contributed by atoms with van der Waals surface area (Å²) in [6, 6.07) is 28.6. The van der Waals surface area contributed by atoms with Crippen LogP contribution in [0.1, 0.15) is 69.3 Å². The number of imide groups is 1. The van der Waals surface area contributed by atoms with Gasteiger partial charge in [0.25, 0.3) is 11.8 Å². The molecular formula is C40H41N5O3S. The first kappa shape index (κ1) is 32.7. The van der Waals surface area contributed by atoms with Gasteiger partial charge in [0, 0.05) is 18.3 Å². The number of hydrogen-bond donors (Lipinski definition) is 2. The van der Waals surface area contributed by atoms with E-state index < -0.39 is 6.04 Å². The molecule has 1 saturated carbocycles. The molecule has 1 fully saturated rings. The summed E-state index contributed by atoms with van der Waals surface area (Å²) in [5, 5.41) is 7.46. The normalized spacial score (nSPS) is 18.6. The Morgan fingerprint density at radius 1 is 0.918 bits per heavy atom. The van der Waals surface area contributed by atoms with Crippen molar-refractivity contribution in [2.45, 2.75) is 51.6 Å². The van der Waals surface area contributed by atoms with Crippen molar-refractivity contribution in [3.8, 4) is 0 Å². The second-order valence-electron chi connectivity index (χ2n) is 13.4. The Hall–Kier alpha value is -4.86. The quantitative estimate of drug-likeness (QED) is 0.161. The number of fused-ring (bicyclic) bond motifs is 2. The molecule has 1 aromatic heterocycles. The van der Waals surface area contributed by atoms with Gasteiger partial charge in [-0.15, -0.1) is 11.3 Å². The van der Waals surface area contributed by atoms with Crippen molar-refractivity contribution in [3.05, 3.63) is 129 Å². The summed E-state index contributed by atoms with van der Waals surface area (Å²) >= 11 is 1.41. The Morgan fingerprint density at radius 3 is 2.41 bits per heavy atom. The summed E-state index contributed by atoms with van der Waals surface area (Å²) in [5.74, 6) is 0.0713. The first-order valence-corrected chi connectivity index (χ1v) is 18.0. The van der Waals surface area contributed by atoms with Gasteiger partial charge in [-0.2, -0.15) is 0 Å². The van der Waals surface area contributed by atoms with E-state index in [1.54, 1.807) is 24.3 Å². The van der Waals surface area contributed by atoms with Crippen LogP contribution in [-0.4, -0.2) is 40.3 Å². The van der Waals surface area contributed by atoms with E-state index in [0.29, 0.717) is 53.0 Å². The lowest BCUT2D eigenvalue weighted by Gasteiger charge is -2.29. The molecule has 5 aromatic rings. The average Bonchev–Trinajstić information content (AvgIpc) is 3.62. The van der Waals surface area contributed by atoms with Crippen LogP contribution < -0.4 is 15.9 Å². The van der Waals surface area contributed by atoms with Gasteiger partial charge >= 0.3 is 0 Å². The minimum atomic E-state index is -0.685. The zero-order chi connectivity index (χ0) is 33.9. The zero-order valence-electron chi connectivity index (χ0n) is 27.7. The summed E-state index contributed by atoms with van der Waals surface area (Å²) in [5.41, 5.74) is 10.3. The highest BCUT2D eigenvalue weighted by Gasteiger charge is 2.36. The van der Waals surface area contributed by atoms with Crippen molar-refractivity contribution in [1.29, 1.82) is 0 Å². The summed E-state index contributed by atoms with van der Waals surface area (Å²) < 4.78 is 1.95. The SMILES string of the molecule is Cc1cccc(N=c2scc(CN3C(=O)c4ccccc4C3=O)n2[C@@H](Cc2ccc3ccccc3c2)C(=O)NCC2CCCC(CN)C2)c1. The molecule has 8 nitrogen and oxygen atoms in total. The highest BCUT2D eigenvalue weighted by molar-refractivity contribution is 7.07. The number of nitrogens with zero attached hydrogens (tertiary/aromatic N) is 3. The van der Waals surface area contributed by atoms with Crippen LogP contribution in [0, 0.1) is 18.8 Å². The molecule has 2 unspecified atom stereocenters. The third kappa shape index (κ3) is 7.00. The number of amides is 3. The molecule has 0 saturated heterocycles. The molecule has 3 N–H and O–H groups in total. The van der Waals surface area contributed by atoms with Crippen LogP contribution in [0.15, 0.2) is 101 Å². The van der Waals surface area contributed by atoms with E-state index in [4.69, 9.17) is 10.7 Å². The van der Waals surface area contributed by atoms with Gasteiger partial charge in [0.2, 0.25) is 5.91 Å². The third-order valence-corrected chi connectivity index (χ3v) is 10.8. The molecule has 2 aliphatic rings. The molecule has 49 heavy (non-hydrogen) atoms. The van der Waals surface area contributed by atoms with Crippen molar-refractivity contribution >= 4 is 45.5 Å². The van der Waals surface area contributed by atoms with Gasteiger partial charge in [-0.3, -0.25) is 19.3 Å². The minimum absolute atomic E-state index is 0.0223. The molecule has 2 heterocycles. The van der Waals surface area contributed by atoms with Crippen molar-refractivity contribution in [1.82, 2.24) is 14.8 Å². The number of aromatic nitrogens is 1. The maximum absolute atomic E-state index is 14.5. The Morgan fingerprint density at radius 2 is 1.65 bits per heavy atom. The smallest absolute Gasteiger partial charge is 0.261 e. The second kappa shape index (κ2) is 14.3. The number of hydrogen-bond acceptors (Lipinski definition) is 6. The van der Waals surface area contributed by atoms with Crippen LogP contribution in [0.3, 0.4) is 0 Å². The van der Waals surface area contributed by atoms with E-state index in [9.17, 15) is 14.4 Å². The molecule has 3 amide bonds. The number of carbonyl (C=O) groups excluding carboxylic acids is 3. The predicted molar refractivity (Wildman–Crippen MR) is 194 cm³/mol. The van der Waals surface area contributed by atoms with Crippen molar-refractivity contribution in [2.75, 3.05) is 13.1 Å². The Labute approximate surface area is 290 Å². The van der Waals surface area contributed by atoms with Gasteiger partial charge in [-0.25, -0.2) is 4.99 Å². The molecule has 4 aromatic carbocycles. The van der Waals surface area contributed by atoms with E-state index in [1.807, 2.05) is 53.3 Å². The van der Waals surface area contributed by atoms with Crippen LogP contribution >= 0.6 is 11.3 Å².